The Labute approximate surface area is 146 Å². The summed E-state index contributed by atoms with van der Waals surface area (Å²) in [6, 6.07) is 7.91. The zero-order chi connectivity index (χ0) is 17.6. The molecule has 0 atom stereocenters. The first-order valence-electron chi connectivity index (χ1n) is 9.02. The van der Waals surface area contributed by atoms with Crippen LogP contribution in [0.15, 0.2) is 29.3 Å². The number of carbonyl (C=O) groups is 1. The summed E-state index contributed by atoms with van der Waals surface area (Å²) in [5.74, 6) is 0.874. The number of benzene rings is 1. The van der Waals surface area contributed by atoms with Crippen LogP contribution in [-0.2, 0) is 11.3 Å². The monoisotopic (exact) mass is 332 g/mol. The van der Waals surface area contributed by atoms with Crippen molar-refractivity contribution in [1.82, 2.24) is 10.6 Å². The summed E-state index contributed by atoms with van der Waals surface area (Å²) >= 11 is 0. The Morgan fingerprint density at radius 3 is 2.62 bits per heavy atom. The van der Waals surface area contributed by atoms with E-state index >= 15 is 0 Å². The summed E-state index contributed by atoms with van der Waals surface area (Å²) in [4.78, 5) is 15.9. The van der Waals surface area contributed by atoms with E-state index < -0.39 is 0 Å². The standard InChI is InChI=1S/C19H32N4O/c1-4-6-7-8-13-21-19(20-3)22-15-16-11-9-12-17(14-16)23-18(24)10-5-2/h9,11-12,14H,4-8,10,13,15H2,1-3H3,(H,23,24)(H2,20,21,22). The number of hydrogen-bond acceptors (Lipinski definition) is 2. The first-order valence-corrected chi connectivity index (χ1v) is 9.02. The van der Waals surface area contributed by atoms with E-state index in [1.807, 2.05) is 31.2 Å². The van der Waals surface area contributed by atoms with E-state index in [0.29, 0.717) is 13.0 Å². The number of amides is 1. The van der Waals surface area contributed by atoms with Gasteiger partial charge in [0.15, 0.2) is 5.96 Å². The Balaban J connectivity index is 2.40. The molecule has 5 nitrogen and oxygen atoms in total. The van der Waals surface area contributed by atoms with Crippen LogP contribution in [-0.4, -0.2) is 25.5 Å². The van der Waals surface area contributed by atoms with Crippen LogP contribution in [0.5, 0.6) is 0 Å². The highest BCUT2D eigenvalue weighted by Gasteiger charge is 2.02. The number of nitrogens with one attached hydrogen (secondary N) is 3. The van der Waals surface area contributed by atoms with Crippen LogP contribution in [0.3, 0.4) is 0 Å². The third-order valence-corrected chi connectivity index (χ3v) is 3.69. The molecule has 0 aliphatic rings. The maximum absolute atomic E-state index is 11.7. The van der Waals surface area contributed by atoms with Crippen molar-refractivity contribution in [2.45, 2.75) is 58.9 Å². The van der Waals surface area contributed by atoms with E-state index in [0.717, 1.165) is 36.6 Å². The molecule has 0 bridgehead atoms. The zero-order valence-corrected chi connectivity index (χ0v) is 15.3. The molecule has 0 radical (unpaired) electrons. The van der Waals surface area contributed by atoms with Crippen molar-refractivity contribution in [2.75, 3.05) is 18.9 Å². The van der Waals surface area contributed by atoms with Gasteiger partial charge in [0, 0.05) is 32.2 Å². The molecule has 0 spiro atoms. The molecule has 3 N–H and O–H groups in total. The molecule has 0 fully saturated rings. The lowest BCUT2D eigenvalue weighted by Gasteiger charge is -2.12. The molecule has 1 amide bonds. The van der Waals surface area contributed by atoms with Gasteiger partial charge in [0.2, 0.25) is 5.91 Å². The first-order chi connectivity index (χ1) is 11.7. The van der Waals surface area contributed by atoms with Gasteiger partial charge in [-0.05, 0) is 30.5 Å². The van der Waals surface area contributed by atoms with E-state index in [4.69, 9.17) is 0 Å². The minimum Gasteiger partial charge on any atom is -0.356 e. The number of unbranched alkanes of at least 4 members (excludes halogenated alkanes) is 3. The molecule has 5 heteroatoms. The molecule has 0 heterocycles. The van der Waals surface area contributed by atoms with Crippen molar-refractivity contribution in [1.29, 1.82) is 0 Å². The van der Waals surface area contributed by atoms with Crippen LogP contribution in [0.4, 0.5) is 5.69 Å². The van der Waals surface area contributed by atoms with Gasteiger partial charge in [0.25, 0.3) is 0 Å². The normalized spacial score (nSPS) is 11.2. The fourth-order valence-corrected chi connectivity index (χ4v) is 2.37. The van der Waals surface area contributed by atoms with Gasteiger partial charge in [-0.2, -0.15) is 0 Å². The lowest BCUT2D eigenvalue weighted by atomic mass is 10.2. The molecule has 0 unspecified atom stereocenters. The van der Waals surface area contributed by atoms with Crippen molar-refractivity contribution < 1.29 is 4.79 Å². The highest BCUT2D eigenvalue weighted by atomic mass is 16.1. The number of rotatable bonds is 10. The predicted molar refractivity (Wildman–Crippen MR) is 102 cm³/mol. The first kappa shape index (κ1) is 20.0. The number of aliphatic imine (C=N–C) groups is 1. The van der Waals surface area contributed by atoms with Gasteiger partial charge in [0.1, 0.15) is 0 Å². The van der Waals surface area contributed by atoms with Gasteiger partial charge >= 0.3 is 0 Å². The topological polar surface area (TPSA) is 65.5 Å². The van der Waals surface area contributed by atoms with Crippen LogP contribution >= 0.6 is 0 Å². The van der Waals surface area contributed by atoms with Gasteiger partial charge in [-0.3, -0.25) is 9.79 Å². The van der Waals surface area contributed by atoms with E-state index in [-0.39, 0.29) is 5.91 Å². The van der Waals surface area contributed by atoms with Crippen molar-refractivity contribution in [3.8, 4) is 0 Å². The van der Waals surface area contributed by atoms with Crippen LogP contribution < -0.4 is 16.0 Å². The summed E-state index contributed by atoms with van der Waals surface area (Å²) < 4.78 is 0. The molecule has 0 saturated carbocycles. The third-order valence-electron chi connectivity index (χ3n) is 3.69. The Bertz CT molecular complexity index is 514. The molecule has 24 heavy (non-hydrogen) atoms. The van der Waals surface area contributed by atoms with Crippen LogP contribution in [0.2, 0.25) is 0 Å². The van der Waals surface area contributed by atoms with Crippen molar-refractivity contribution in [2.24, 2.45) is 4.99 Å². The number of carbonyl (C=O) groups excluding carboxylic acids is 1. The molecule has 1 aromatic rings. The van der Waals surface area contributed by atoms with Gasteiger partial charge < -0.3 is 16.0 Å². The summed E-state index contributed by atoms with van der Waals surface area (Å²) in [5.41, 5.74) is 1.95. The maximum atomic E-state index is 11.7. The Morgan fingerprint density at radius 2 is 1.92 bits per heavy atom. The van der Waals surface area contributed by atoms with E-state index in [1.54, 1.807) is 7.05 Å². The quantitative estimate of drug-likeness (QED) is 0.348. The second-order valence-corrected chi connectivity index (χ2v) is 5.91. The van der Waals surface area contributed by atoms with Gasteiger partial charge in [-0.15, -0.1) is 0 Å². The second-order valence-electron chi connectivity index (χ2n) is 5.91. The van der Waals surface area contributed by atoms with E-state index in [1.165, 1.54) is 19.3 Å². The van der Waals surface area contributed by atoms with Crippen molar-refractivity contribution in [3.63, 3.8) is 0 Å². The number of guanidine groups is 1. The van der Waals surface area contributed by atoms with Crippen molar-refractivity contribution in [3.05, 3.63) is 29.8 Å². The highest BCUT2D eigenvalue weighted by molar-refractivity contribution is 5.90. The summed E-state index contributed by atoms with van der Waals surface area (Å²) in [6.07, 6.45) is 6.35. The lowest BCUT2D eigenvalue weighted by Crippen LogP contribution is -2.37. The predicted octanol–water partition coefficient (Wildman–Crippen LogP) is 3.67. The lowest BCUT2D eigenvalue weighted by molar-refractivity contribution is -0.116. The summed E-state index contributed by atoms with van der Waals surface area (Å²) in [5, 5.41) is 9.57. The van der Waals surface area contributed by atoms with Crippen LogP contribution in [0, 0.1) is 0 Å². The molecular weight excluding hydrogens is 300 g/mol. The average Bonchev–Trinajstić information content (AvgIpc) is 2.58. The Morgan fingerprint density at radius 1 is 1.08 bits per heavy atom. The molecule has 0 aromatic heterocycles. The third kappa shape index (κ3) is 8.56. The Kier molecular flexibility index (Phi) is 10.3. The fourth-order valence-electron chi connectivity index (χ4n) is 2.37. The average molecular weight is 332 g/mol. The van der Waals surface area contributed by atoms with Crippen molar-refractivity contribution >= 4 is 17.6 Å². The fraction of sp³-hybridized carbons (Fsp3) is 0.579. The SMILES string of the molecule is CCCCCCNC(=NC)NCc1cccc(NC(=O)CCC)c1. The summed E-state index contributed by atoms with van der Waals surface area (Å²) in [6.45, 7) is 5.83. The summed E-state index contributed by atoms with van der Waals surface area (Å²) in [7, 11) is 1.78. The smallest absolute Gasteiger partial charge is 0.224 e. The molecule has 0 aliphatic carbocycles. The zero-order valence-electron chi connectivity index (χ0n) is 15.3. The minimum absolute atomic E-state index is 0.0622. The molecule has 134 valence electrons. The van der Waals surface area contributed by atoms with Crippen LogP contribution in [0.1, 0.15) is 57.9 Å². The van der Waals surface area contributed by atoms with Gasteiger partial charge in [0.05, 0.1) is 0 Å². The highest BCUT2D eigenvalue weighted by Crippen LogP contribution is 2.11. The minimum atomic E-state index is 0.0622. The number of nitrogens with zero attached hydrogens (tertiary/aromatic N) is 1. The van der Waals surface area contributed by atoms with Crippen LogP contribution in [0.25, 0.3) is 0 Å². The maximum Gasteiger partial charge on any atom is 0.224 e. The molecule has 0 aliphatic heterocycles. The van der Waals surface area contributed by atoms with E-state index in [9.17, 15) is 4.79 Å². The van der Waals surface area contributed by atoms with Gasteiger partial charge in [-0.1, -0.05) is 45.2 Å². The number of hydrogen-bond donors (Lipinski definition) is 3. The molecule has 1 rings (SSSR count). The second kappa shape index (κ2) is 12.4. The number of anilines is 1. The molecule has 1 aromatic carbocycles. The molecular formula is C19H32N4O. The Hall–Kier alpha value is -2.04. The van der Waals surface area contributed by atoms with E-state index in [2.05, 4.69) is 27.9 Å². The molecule has 0 saturated heterocycles. The largest absolute Gasteiger partial charge is 0.356 e. The van der Waals surface area contributed by atoms with Gasteiger partial charge in [-0.25, -0.2) is 0 Å².